The van der Waals surface area contributed by atoms with Crippen LogP contribution < -0.4 is 5.48 Å². The van der Waals surface area contributed by atoms with Gasteiger partial charge in [-0.25, -0.2) is 10.5 Å². The van der Waals surface area contributed by atoms with E-state index >= 15 is 0 Å². The number of carbonyl (C=O) groups is 1. The second kappa shape index (κ2) is 5.81. The molecule has 0 aliphatic rings. The second-order valence-corrected chi connectivity index (χ2v) is 6.09. The van der Waals surface area contributed by atoms with Crippen molar-refractivity contribution in [1.29, 1.82) is 0 Å². The Hall–Kier alpha value is -1.95. The van der Waals surface area contributed by atoms with Gasteiger partial charge in [0, 0.05) is 17.0 Å². The number of nitrogens with one attached hydrogen (secondary N) is 1. The fourth-order valence-corrected chi connectivity index (χ4v) is 3.14. The topological polar surface area (TPSA) is 62.2 Å². The zero-order chi connectivity index (χ0) is 14.8. The van der Waals surface area contributed by atoms with Gasteiger partial charge in [-0.2, -0.15) is 0 Å². The SMILES string of the molecule is O=C(NO)c1ccc2sc(Cc3ccc(Cl)cc3)nc2c1. The summed E-state index contributed by atoms with van der Waals surface area (Å²) in [7, 11) is 0. The summed E-state index contributed by atoms with van der Waals surface area (Å²) in [6, 6.07) is 12.8. The van der Waals surface area contributed by atoms with Gasteiger partial charge in [-0.15, -0.1) is 11.3 Å². The van der Waals surface area contributed by atoms with Gasteiger partial charge in [0.2, 0.25) is 0 Å². The zero-order valence-corrected chi connectivity index (χ0v) is 12.4. The van der Waals surface area contributed by atoms with Crippen LogP contribution in [0.1, 0.15) is 20.9 Å². The van der Waals surface area contributed by atoms with Gasteiger partial charge >= 0.3 is 0 Å². The third-order valence-corrected chi connectivity index (χ3v) is 4.35. The lowest BCUT2D eigenvalue weighted by Crippen LogP contribution is -2.18. The summed E-state index contributed by atoms with van der Waals surface area (Å²) < 4.78 is 1.01. The number of hydrogen-bond donors (Lipinski definition) is 2. The number of thiazole rings is 1. The first-order valence-electron chi connectivity index (χ1n) is 6.24. The smallest absolute Gasteiger partial charge is 0.274 e. The van der Waals surface area contributed by atoms with Crippen LogP contribution in [0.4, 0.5) is 0 Å². The van der Waals surface area contributed by atoms with Crippen molar-refractivity contribution in [3.63, 3.8) is 0 Å². The monoisotopic (exact) mass is 318 g/mol. The highest BCUT2D eigenvalue weighted by atomic mass is 35.5. The number of halogens is 1. The predicted molar refractivity (Wildman–Crippen MR) is 83.1 cm³/mol. The molecule has 0 saturated heterocycles. The third kappa shape index (κ3) is 3.05. The number of carbonyl (C=O) groups excluding carboxylic acids is 1. The molecule has 1 amide bonds. The van der Waals surface area contributed by atoms with Crippen LogP contribution in [0.5, 0.6) is 0 Å². The highest BCUT2D eigenvalue weighted by Crippen LogP contribution is 2.25. The van der Waals surface area contributed by atoms with Crippen molar-refractivity contribution in [2.45, 2.75) is 6.42 Å². The van der Waals surface area contributed by atoms with Crippen molar-refractivity contribution in [3.8, 4) is 0 Å². The van der Waals surface area contributed by atoms with E-state index in [1.54, 1.807) is 28.9 Å². The number of aromatic nitrogens is 1. The Morgan fingerprint density at radius 2 is 2.00 bits per heavy atom. The molecule has 0 fully saturated rings. The van der Waals surface area contributed by atoms with Crippen LogP contribution >= 0.6 is 22.9 Å². The highest BCUT2D eigenvalue weighted by Gasteiger charge is 2.09. The molecule has 0 atom stereocenters. The van der Waals surface area contributed by atoms with Crippen molar-refractivity contribution in [2.24, 2.45) is 0 Å². The van der Waals surface area contributed by atoms with Crippen molar-refractivity contribution in [1.82, 2.24) is 10.5 Å². The minimum atomic E-state index is -0.538. The molecule has 4 nitrogen and oxygen atoms in total. The first kappa shape index (κ1) is 14.0. The minimum absolute atomic E-state index is 0.383. The van der Waals surface area contributed by atoms with E-state index in [9.17, 15) is 4.79 Å². The number of nitrogens with zero attached hydrogens (tertiary/aromatic N) is 1. The Morgan fingerprint density at radius 1 is 1.24 bits per heavy atom. The molecule has 2 aromatic carbocycles. The molecule has 0 bridgehead atoms. The Labute approximate surface area is 130 Å². The molecule has 106 valence electrons. The quantitative estimate of drug-likeness (QED) is 0.572. The van der Waals surface area contributed by atoms with Gasteiger partial charge in [0.05, 0.1) is 15.2 Å². The first-order valence-corrected chi connectivity index (χ1v) is 7.43. The summed E-state index contributed by atoms with van der Waals surface area (Å²) in [6.45, 7) is 0. The molecule has 3 aromatic rings. The molecular weight excluding hydrogens is 308 g/mol. The van der Waals surface area contributed by atoms with Crippen LogP contribution in [0, 0.1) is 0 Å². The molecule has 1 heterocycles. The Kier molecular flexibility index (Phi) is 3.88. The van der Waals surface area contributed by atoms with Crippen LogP contribution in [0.15, 0.2) is 42.5 Å². The molecule has 0 aliphatic heterocycles. The van der Waals surface area contributed by atoms with Gasteiger partial charge < -0.3 is 0 Å². The van der Waals surface area contributed by atoms with E-state index in [1.165, 1.54) is 0 Å². The van der Waals surface area contributed by atoms with E-state index in [2.05, 4.69) is 4.98 Å². The van der Waals surface area contributed by atoms with Crippen LogP contribution in [-0.4, -0.2) is 16.1 Å². The summed E-state index contributed by atoms with van der Waals surface area (Å²) in [6.07, 6.45) is 0.720. The van der Waals surface area contributed by atoms with Gasteiger partial charge in [-0.05, 0) is 35.9 Å². The van der Waals surface area contributed by atoms with Crippen molar-refractivity contribution in [3.05, 3.63) is 63.6 Å². The van der Waals surface area contributed by atoms with Gasteiger partial charge in [-0.1, -0.05) is 23.7 Å². The van der Waals surface area contributed by atoms with Crippen LogP contribution in [0.25, 0.3) is 10.2 Å². The zero-order valence-electron chi connectivity index (χ0n) is 10.8. The molecule has 0 spiro atoms. The van der Waals surface area contributed by atoms with E-state index in [1.807, 2.05) is 30.3 Å². The molecule has 3 rings (SSSR count). The number of amides is 1. The molecule has 0 unspecified atom stereocenters. The lowest BCUT2D eigenvalue weighted by Gasteiger charge is -1.97. The highest BCUT2D eigenvalue weighted by molar-refractivity contribution is 7.18. The van der Waals surface area contributed by atoms with Crippen molar-refractivity contribution >= 4 is 39.1 Å². The van der Waals surface area contributed by atoms with Crippen molar-refractivity contribution < 1.29 is 10.0 Å². The molecule has 0 aliphatic carbocycles. The van der Waals surface area contributed by atoms with E-state index in [-0.39, 0.29) is 0 Å². The number of benzene rings is 2. The average Bonchev–Trinajstić information content (AvgIpc) is 2.90. The lowest BCUT2D eigenvalue weighted by atomic mass is 10.1. The molecular formula is C15H11ClN2O2S. The summed E-state index contributed by atoms with van der Waals surface area (Å²) in [5, 5.41) is 10.3. The maximum absolute atomic E-state index is 11.4. The Balaban J connectivity index is 1.90. The fraction of sp³-hybridized carbons (Fsp3) is 0.0667. The lowest BCUT2D eigenvalue weighted by molar-refractivity contribution is 0.0706. The van der Waals surface area contributed by atoms with Gasteiger partial charge in [-0.3, -0.25) is 10.0 Å². The molecule has 1 aromatic heterocycles. The van der Waals surface area contributed by atoms with Gasteiger partial charge in [0.15, 0.2) is 0 Å². The van der Waals surface area contributed by atoms with Crippen LogP contribution in [0.3, 0.4) is 0 Å². The molecule has 0 radical (unpaired) electrons. The van der Waals surface area contributed by atoms with Crippen molar-refractivity contribution in [2.75, 3.05) is 0 Å². The van der Waals surface area contributed by atoms with E-state index in [0.717, 1.165) is 27.2 Å². The normalized spacial score (nSPS) is 10.8. The maximum Gasteiger partial charge on any atom is 0.274 e. The molecule has 21 heavy (non-hydrogen) atoms. The number of hydrogen-bond acceptors (Lipinski definition) is 4. The van der Waals surface area contributed by atoms with Gasteiger partial charge in [0.1, 0.15) is 0 Å². The minimum Gasteiger partial charge on any atom is -0.288 e. The molecule has 0 saturated carbocycles. The summed E-state index contributed by atoms with van der Waals surface area (Å²) in [5.41, 5.74) is 3.89. The summed E-state index contributed by atoms with van der Waals surface area (Å²) in [4.78, 5) is 15.9. The first-order chi connectivity index (χ1) is 10.2. The number of fused-ring (bicyclic) bond motifs is 1. The largest absolute Gasteiger partial charge is 0.288 e. The predicted octanol–water partition coefficient (Wildman–Crippen LogP) is 3.66. The van der Waals surface area contributed by atoms with Crippen LogP contribution in [-0.2, 0) is 6.42 Å². The Morgan fingerprint density at radius 3 is 2.71 bits per heavy atom. The second-order valence-electron chi connectivity index (χ2n) is 4.53. The molecule has 6 heteroatoms. The Bertz CT molecular complexity index is 799. The summed E-state index contributed by atoms with van der Waals surface area (Å²) in [5.74, 6) is -0.538. The third-order valence-electron chi connectivity index (χ3n) is 3.06. The van der Waals surface area contributed by atoms with E-state index in [4.69, 9.17) is 16.8 Å². The van der Waals surface area contributed by atoms with Gasteiger partial charge in [0.25, 0.3) is 5.91 Å². The number of rotatable bonds is 3. The van der Waals surface area contributed by atoms with E-state index < -0.39 is 5.91 Å². The maximum atomic E-state index is 11.4. The summed E-state index contributed by atoms with van der Waals surface area (Å²) >= 11 is 7.45. The molecule has 2 N–H and O–H groups in total. The average molecular weight is 319 g/mol. The standard InChI is InChI=1S/C15H11ClN2O2S/c16-11-4-1-9(2-5-11)7-14-17-12-8-10(15(19)18-20)3-6-13(12)21-14/h1-6,8,20H,7H2,(H,18,19). The fourth-order valence-electron chi connectivity index (χ4n) is 2.03. The van der Waals surface area contributed by atoms with E-state index in [0.29, 0.717) is 10.6 Å². The number of hydroxylamine groups is 1. The van der Waals surface area contributed by atoms with Crippen LogP contribution in [0.2, 0.25) is 5.02 Å².